The average Bonchev–Trinajstić information content (AvgIpc) is 2.74. The molecule has 0 fully saturated rings. The van der Waals surface area contributed by atoms with Crippen molar-refractivity contribution in [3.8, 4) is 22.8 Å². The van der Waals surface area contributed by atoms with Gasteiger partial charge in [0, 0.05) is 17.5 Å². The Morgan fingerprint density at radius 2 is 1.83 bits per heavy atom. The molecule has 1 aromatic heterocycles. The maximum absolute atomic E-state index is 11.4. The highest BCUT2D eigenvalue weighted by Gasteiger charge is 2.15. The van der Waals surface area contributed by atoms with Crippen molar-refractivity contribution >= 4 is 12.0 Å². The highest BCUT2D eigenvalue weighted by Crippen LogP contribution is 2.26. The molecule has 0 amide bonds. The third-order valence-electron chi connectivity index (χ3n) is 4.49. The monoisotopic (exact) mass is 402 g/mol. The number of benzene rings is 2. The van der Waals surface area contributed by atoms with E-state index in [9.17, 15) is 20.1 Å². The molecule has 0 bridgehead atoms. The first-order chi connectivity index (χ1) is 14.4. The third-order valence-corrected chi connectivity index (χ3v) is 4.49. The maximum Gasteiger partial charge on any atom is 0.305 e. The summed E-state index contributed by atoms with van der Waals surface area (Å²) in [7, 11) is 0. The molecule has 0 radical (unpaired) electrons. The summed E-state index contributed by atoms with van der Waals surface area (Å²) >= 11 is 0. The van der Waals surface area contributed by atoms with Crippen molar-refractivity contribution in [1.82, 2.24) is 10.3 Å². The Labute approximate surface area is 174 Å². The van der Waals surface area contributed by atoms with Gasteiger partial charge in [0.25, 0.3) is 0 Å². The molecule has 152 valence electrons. The quantitative estimate of drug-likeness (QED) is 0.327. The van der Waals surface area contributed by atoms with Crippen LogP contribution in [0.5, 0.6) is 11.5 Å². The van der Waals surface area contributed by atoms with Gasteiger partial charge in [-0.2, -0.15) is 0 Å². The van der Waals surface area contributed by atoms with Crippen molar-refractivity contribution < 1.29 is 20.1 Å². The number of aliphatic carboxylic acids is 1. The average molecular weight is 402 g/mol. The van der Waals surface area contributed by atoms with Crippen LogP contribution in [0.25, 0.3) is 17.3 Å². The van der Waals surface area contributed by atoms with Crippen molar-refractivity contribution in [2.75, 3.05) is 0 Å². The van der Waals surface area contributed by atoms with Crippen molar-refractivity contribution in [3.05, 3.63) is 96.3 Å². The number of hydrogen-bond acceptors (Lipinski definition) is 5. The summed E-state index contributed by atoms with van der Waals surface area (Å²) in [6.07, 6.45) is 5.00. The predicted molar refractivity (Wildman–Crippen MR) is 116 cm³/mol. The number of carboxylic acids is 1. The Balaban J connectivity index is 1.73. The number of hydrogen-bond donors (Lipinski definition) is 4. The standard InChI is InChI=1S/C24H22N2O4/c1-16(5-6-17-7-12-22(27)23(28)14-17)26-21(15-24(29)30)19-10-8-18(9-11-19)20-4-2-3-13-25-20/h2-14,21,26-28H,1,15H2,(H,29,30)/b6-5+. The fourth-order valence-electron chi connectivity index (χ4n) is 2.96. The van der Waals surface area contributed by atoms with Gasteiger partial charge in [-0.05, 0) is 41.5 Å². The molecule has 2 aromatic carbocycles. The summed E-state index contributed by atoms with van der Waals surface area (Å²) in [6, 6.07) is 17.2. The van der Waals surface area contributed by atoms with Crippen LogP contribution >= 0.6 is 0 Å². The lowest BCUT2D eigenvalue weighted by atomic mass is 10.0. The highest BCUT2D eigenvalue weighted by molar-refractivity contribution is 5.68. The van der Waals surface area contributed by atoms with E-state index in [1.165, 1.54) is 12.1 Å². The number of carbonyl (C=O) groups is 1. The number of allylic oxidation sites excluding steroid dienone is 1. The summed E-state index contributed by atoms with van der Waals surface area (Å²) < 4.78 is 0. The molecule has 0 aliphatic carbocycles. The summed E-state index contributed by atoms with van der Waals surface area (Å²) in [6.45, 7) is 3.93. The Morgan fingerprint density at radius 3 is 2.47 bits per heavy atom. The van der Waals surface area contributed by atoms with Crippen LogP contribution in [0.3, 0.4) is 0 Å². The lowest BCUT2D eigenvalue weighted by molar-refractivity contribution is -0.137. The molecule has 6 heteroatoms. The fraction of sp³-hybridized carbons (Fsp3) is 0.0833. The zero-order valence-corrected chi connectivity index (χ0v) is 16.2. The summed E-state index contributed by atoms with van der Waals surface area (Å²) in [5.41, 5.74) is 3.79. The highest BCUT2D eigenvalue weighted by atomic mass is 16.4. The van der Waals surface area contributed by atoms with E-state index in [4.69, 9.17) is 0 Å². The zero-order chi connectivity index (χ0) is 21.5. The van der Waals surface area contributed by atoms with E-state index in [1.807, 2.05) is 42.5 Å². The first-order valence-electron chi connectivity index (χ1n) is 9.31. The lowest BCUT2D eigenvalue weighted by Gasteiger charge is -2.19. The number of aromatic nitrogens is 1. The van der Waals surface area contributed by atoms with E-state index < -0.39 is 12.0 Å². The van der Waals surface area contributed by atoms with Gasteiger partial charge in [-0.3, -0.25) is 9.78 Å². The minimum absolute atomic E-state index is 0.115. The molecule has 0 saturated heterocycles. The Kier molecular flexibility index (Phi) is 6.49. The van der Waals surface area contributed by atoms with E-state index in [0.717, 1.165) is 16.8 Å². The smallest absolute Gasteiger partial charge is 0.305 e. The van der Waals surface area contributed by atoms with Crippen LogP contribution in [-0.4, -0.2) is 26.3 Å². The summed E-state index contributed by atoms with van der Waals surface area (Å²) in [5, 5.41) is 31.4. The van der Waals surface area contributed by atoms with Crippen LogP contribution < -0.4 is 5.32 Å². The van der Waals surface area contributed by atoms with E-state index in [-0.39, 0.29) is 17.9 Å². The first kappa shape index (κ1) is 20.7. The van der Waals surface area contributed by atoms with Gasteiger partial charge in [0.2, 0.25) is 0 Å². The molecule has 6 nitrogen and oxygen atoms in total. The molecule has 30 heavy (non-hydrogen) atoms. The van der Waals surface area contributed by atoms with Crippen molar-refractivity contribution in [3.63, 3.8) is 0 Å². The fourth-order valence-corrected chi connectivity index (χ4v) is 2.96. The van der Waals surface area contributed by atoms with Gasteiger partial charge < -0.3 is 20.6 Å². The maximum atomic E-state index is 11.4. The first-order valence-corrected chi connectivity index (χ1v) is 9.31. The number of phenols is 2. The molecule has 3 aromatic rings. The number of pyridine rings is 1. The SMILES string of the molecule is C=C(/C=C/c1ccc(O)c(O)c1)NC(CC(=O)O)c1ccc(-c2ccccn2)cc1. The number of aromatic hydroxyl groups is 2. The van der Waals surface area contributed by atoms with Crippen LogP contribution in [0.15, 0.2) is 85.2 Å². The minimum atomic E-state index is -0.929. The van der Waals surface area contributed by atoms with Gasteiger partial charge in [0.15, 0.2) is 11.5 Å². The van der Waals surface area contributed by atoms with E-state index in [1.54, 1.807) is 24.4 Å². The van der Waals surface area contributed by atoms with Crippen LogP contribution in [0.1, 0.15) is 23.6 Å². The molecule has 1 heterocycles. The largest absolute Gasteiger partial charge is 0.504 e. The molecular weight excluding hydrogens is 380 g/mol. The Morgan fingerprint density at radius 1 is 1.07 bits per heavy atom. The second-order valence-electron chi connectivity index (χ2n) is 6.74. The molecule has 1 atom stereocenters. The van der Waals surface area contributed by atoms with Crippen LogP contribution in [0.2, 0.25) is 0 Å². The van der Waals surface area contributed by atoms with Gasteiger partial charge in [0.1, 0.15) is 0 Å². The molecule has 0 aliphatic rings. The van der Waals surface area contributed by atoms with Gasteiger partial charge >= 0.3 is 5.97 Å². The van der Waals surface area contributed by atoms with E-state index >= 15 is 0 Å². The number of phenolic OH excluding ortho intramolecular Hbond substituents is 2. The molecule has 3 rings (SSSR count). The van der Waals surface area contributed by atoms with Gasteiger partial charge in [-0.25, -0.2) is 0 Å². The van der Waals surface area contributed by atoms with Crippen molar-refractivity contribution in [2.45, 2.75) is 12.5 Å². The Hall–Kier alpha value is -4.06. The molecule has 0 saturated carbocycles. The van der Waals surface area contributed by atoms with Crippen LogP contribution in [0.4, 0.5) is 0 Å². The van der Waals surface area contributed by atoms with Crippen LogP contribution in [0, 0.1) is 0 Å². The molecule has 4 N–H and O–H groups in total. The van der Waals surface area contributed by atoms with Crippen molar-refractivity contribution in [2.24, 2.45) is 0 Å². The zero-order valence-electron chi connectivity index (χ0n) is 16.2. The minimum Gasteiger partial charge on any atom is -0.504 e. The molecular formula is C24H22N2O4. The summed E-state index contributed by atoms with van der Waals surface area (Å²) in [5.74, 6) is -1.34. The van der Waals surface area contributed by atoms with Gasteiger partial charge in [0.05, 0.1) is 18.2 Å². The van der Waals surface area contributed by atoms with E-state index in [0.29, 0.717) is 11.3 Å². The Bertz CT molecular complexity index is 1060. The molecule has 0 spiro atoms. The number of nitrogens with one attached hydrogen (secondary N) is 1. The van der Waals surface area contributed by atoms with Crippen molar-refractivity contribution in [1.29, 1.82) is 0 Å². The number of rotatable bonds is 8. The number of nitrogens with zero attached hydrogens (tertiary/aromatic N) is 1. The van der Waals surface area contributed by atoms with Crippen LogP contribution in [-0.2, 0) is 4.79 Å². The van der Waals surface area contributed by atoms with Gasteiger partial charge in [-0.1, -0.05) is 49.1 Å². The van der Waals surface area contributed by atoms with Gasteiger partial charge in [-0.15, -0.1) is 0 Å². The summed E-state index contributed by atoms with van der Waals surface area (Å²) in [4.78, 5) is 15.7. The second-order valence-corrected chi connectivity index (χ2v) is 6.74. The second kappa shape index (κ2) is 9.43. The topological polar surface area (TPSA) is 103 Å². The third kappa shape index (κ3) is 5.48. The normalized spacial score (nSPS) is 11.9. The van der Waals surface area contributed by atoms with E-state index in [2.05, 4.69) is 16.9 Å². The molecule has 0 aliphatic heterocycles. The molecule has 1 unspecified atom stereocenters. The number of carboxylic acid groups (broad SMARTS) is 1. The predicted octanol–water partition coefficient (Wildman–Crippen LogP) is 4.49. The lowest BCUT2D eigenvalue weighted by Crippen LogP contribution is -2.22.